The highest BCUT2D eigenvalue weighted by atomic mass is 127. The lowest BCUT2D eigenvalue weighted by Gasteiger charge is -2.12. The fourth-order valence-electron chi connectivity index (χ4n) is 2.89. The molecule has 3 rings (SSSR count). The van der Waals surface area contributed by atoms with E-state index in [0.717, 1.165) is 41.0 Å². The summed E-state index contributed by atoms with van der Waals surface area (Å²) in [6, 6.07) is 10.0. The molecule has 0 spiro atoms. The number of aromatic nitrogens is 5. The van der Waals surface area contributed by atoms with Crippen LogP contribution >= 0.6 is 24.0 Å². The van der Waals surface area contributed by atoms with E-state index in [4.69, 9.17) is 4.99 Å². The minimum absolute atomic E-state index is 0. The van der Waals surface area contributed by atoms with Gasteiger partial charge in [-0.1, -0.05) is 18.2 Å². The average Bonchev–Trinajstić information content (AvgIpc) is 3.23. The molecule has 0 saturated heterocycles. The Kier molecular flexibility index (Phi) is 7.97. The summed E-state index contributed by atoms with van der Waals surface area (Å²) in [4.78, 5) is 4.70. The van der Waals surface area contributed by atoms with Crippen molar-refractivity contribution in [2.75, 3.05) is 6.54 Å². The first-order chi connectivity index (χ1) is 13.1. The number of nitrogens with one attached hydrogen (secondary N) is 2. The smallest absolute Gasteiger partial charge is 0.191 e. The lowest BCUT2D eigenvalue weighted by molar-refractivity contribution is 0.729. The molecular weight excluding hydrogens is 467 g/mol. The van der Waals surface area contributed by atoms with Crippen molar-refractivity contribution in [2.24, 2.45) is 12.0 Å². The molecule has 0 aliphatic heterocycles. The molecule has 3 aromatic rings. The van der Waals surface area contributed by atoms with Crippen LogP contribution in [0, 0.1) is 13.8 Å². The third-order valence-electron chi connectivity index (χ3n) is 4.47. The van der Waals surface area contributed by atoms with Crippen LogP contribution in [0.25, 0.3) is 5.69 Å². The highest BCUT2D eigenvalue weighted by Crippen LogP contribution is 2.13. The maximum atomic E-state index is 4.70. The summed E-state index contributed by atoms with van der Waals surface area (Å²) in [7, 11) is 1.95. The highest BCUT2D eigenvalue weighted by molar-refractivity contribution is 14.0. The summed E-state index contributed by atoms with van der Waals surface area (Å²) in [5.41, 5.74) is 4.33. The van der Waals surface area contributed by atoms with Crippen LogP contribution in [-0.4, -0.2) is 37.0 Å². The van der Waals surface area contributed by atoms with Crippen LogP contribution in [0.1, 0.15) is 29.7 Å². The van der Waals surface area contributed by atoms with Crippen LogP contribution < -0.4 is 10.6 Å². The summed E-state index contributed by atoms with van der Waals surface area (Å²) in [5.74, 6) is 1.56. The SMILES string of the molecule is CCNC(=NCc1c(C)nn(C)c1C)NCc1nncn1-c1ccccc1.I. The summed E-state index contributed by atoms with van der Waals surface area (Å²) >= 11 is 0. The second-order valence-corrected chi connectivity index (χ2v) is 6.27. The number of para-hydroxylation sites is 1. The molecule has 28 heavy (non-hydrogen) atoms. The Labute approximate surface area is 182 Å². The molecule has 0 unspecified atom stereocenters. The maximum Gasteiger partial charge on any atom is 0.191 e. The van der Waals surface area contributed by atoms with Crippen molar-refractivity contribution >= 4 is 29.9 Å². The molecule has 0 radical (unpaired) electrons. The van der Waals surface area contributed by atoms with E-state index in [1.807, 2.05) is 60.5 Å². The molecule has 8 nitrogen and oxygen atoms in total. The Balaban J connectivity index is 0.00000280. The van der Waals surface area contributed by atoms with Crippen LogP contribution in [0.4, 0.5) is 0 Å². The minimum atomic E-state index is 0. The standard InChI is InChI=1S/C19H26N8.HI/c1-5-20-19(21-11-17-14(2)25-26(4)15(17)3)22-12-18-24-23-13-27(18)16-9-7-6-8-10-16;/h6-10,13H,5,11-12H2,1-4H3,(H2,20,21,22);1H. The Morgan fingerprint density at radius 2 is 1.89 bits per heavy atom. The van der Waals surface area contributed by atoms with E-state index in [0.29, 0.717) is 13.1 Å². The molecule has 2 aromatic heterocycles. The van der Waals surface area contributed by atoms with Gasteiger partial charge in [0.2, 0.25) is 0 Å². The van der Waals surface area contributed by atoms with Crippen molar-refractivity contribution in [3.8, 4) is 5.69 Å². The van der Waals surface area contributed by atoms with E-state index < -0.39 is 0 Å². The number of hydrogen-bond acceptors (Lipinski definition) is 4. The topological polar surface area (TPSA) is 84.9 Å². The Hall–Kier alpha value is -2.43. The van der Waals surface area contributed by atoms with Crippen LogP contribution in [0.2, 0.25) is 0 Å². The first kappa shape index (κ1) is 21.9. The van der Waals surface area contributed by atoms with Crippen molar-refractivity contribution in [3.63, 3.8) is 0 Å². The van der Waals surface area contributed by atoms with Crippen molar-refractivity contribution in [1.82, 2.24) is 35.2 Å². The zero-order valence-corrected chi connectivity index (χ0v) is 19.0. The van der Waals surface area contributed by atoms with Crippen LogP contribution in [-0.2, 0) is 20.1 Å². The summed E-state index contributed by atoms with van der Waals surface area (Å²) < 4.78 is 3.86. The van der Waals surface area contributed by atoms with Crippen molar-refractivity contribution < 1.29 is 0 Å². The maximum absolute atomic E-state index is 4.70. The van der Waals surface area contributed by atoms with Crippen molar-refractivity contribution in [3.05, 3.63) is 59.4 Å². The van der Waals surface area contributed by atoms with Crippen LogP contribution in [0.5, 0.6) is 0 Å². The molecule has 0 bridgehead atoms. The highest BCUT2D eigenvalue weighted by Gasteiger charge is 2.10. The van der Waals surface area contributed by atoms with Gasteiger partial charge in [-0.2, -0.15) is 5.10 Å². The third kappa shape index (κ3) is 5.09. The fourth-order valence-corrected chi connectivity index (χ4v) is 2.89. The monoisotopic (exact) mass is 494 g/mol. The van der Waals surface area contributed by atoms with Gasteiger partial charge in [0.1, 0.15) is 6.33 Å². The lowest BCUT2D eigenvalue weighted by atomic mass is 10.2. The fraction of sp³-hybridized carbons (Fsp3) is 0.368. The number of aliphatic imine (C=N–C) groups is 1. The van der Waals surface area contributed by atoms with Gasteiger partial charge in [0.25, 0.3) is 0 Å². The first-order valence-corrected chi connectivity index (χ1v) is 9.05. The summed E-state index contributed by atoms with van der Waals surface area (Å²) in [6.07, 6.45) is 1.72. The van der Waals surface area contributed by atoms with Gasteiger partial charge in [0, 0.05) is 30.5 Å². The average molecular weight is 494 g/mol. The van der Waals surface area contributed by atoms with Gasteiger partial charge in [-0.05, 0) is 32.9 Å². The molecule has 0 saturated carbocycles. The zero-order valence-electron chi connectivity index (χ0n) is 16.7. The molecule has 0 aliphatic rings. The summed E-state index contributed by atoms with van der Waals surface area (Å²) in [6.45, 7) is 8.00. The van der Waals surface area contributed by atoms with Gasteiger partial charge in [0.05, 0.1) is 18.8 Å². The number of rotatable bonds is 6. The quantitative estimate of drug-likeness (QED) is 0.313. The number of guanidine groups is 1. The number of halogens is 1. The van der Waals surface area contributed by atoms with E-state index in [-0.39, 0.29) is 24.0 Å². The van der Waals surface area contributed by atoms with Crippen LogP contribution in [0.15, 0.2) is 41.7 Å². The van der Waals surface area contributed by atoms with Crippen molar-refractivity contribution in [2.45, 2.75) is 33.9 Å². The number of nitrogens with zero attached hydrogens (tertiary/aromatic N) is 6. The zero-order chi connectivity index (χ0) is 19.2. The molecule has 1 aromatic carbocycles. The van der Waals surface area contributed by atoms with E-state index in [9.17, 15) is 0 Å². The normalized spacial score (nSPS) is 11.2. The predicted octanol–water partition coefficient (Wildman–Crippen LogP) is 2.49. The molecule has 0 fully saturated rings. The third-order valence-corrected chi connectivity index (χ3v) is 4.47. The molecule has 2 heterocycles. The molecule has 9 heteroatoms. The minimum Gasteiger partial charge on any atom is -0.357 e. The van der Waals surface area contributed by atoms with E-state index >= 15 is 0 Å². The van der Waals surface area contributed by atoms with Gasteiger partial charge in [-0.15, -0.1) is 34.2 Å². The predicted molar refractivity (Wildman–Crippen MR) is 121 cm³/mol. The van der Waals surface area contributed by atoms with Gasteiger partial charge >= 0.3 is 0 Å². The van der Waals surface area contributed by atoms with Gasteiger partial charge in [-0.25, -0.2) is 4.99 Å². The Morgan fingerprint density at radius 3 is 2.54 bits per heavy atom. The molecule has 0 atom stereocenters. The second-order valence-electron chi connectivity index (χ2n) is 6.27. The van der Waals surface area contributed by atoms with Gasteiger partial charge < -0.3 is 10.6 Å². The number of hydrogen-bond donors (Lipinski definition) is 2. The lowest BCUT2D eigenvalue weighted by Crippen LogP contribution is -2.37. The molecule has 2 N–H and O–H groups in total. The molecular formula is C19H27IN8. The van der Waals surface area contributed by atoms with Crippen LogP contribution in [0.3, 0.4) is 0 Å². The second kappa shape index (κ2) is 10.2. The Morgan fingerprint density at radius 1 is 1.14 bits per heavy atom. The Bertz CT molecular complexity index is 913. The molecule has 0 aliphatic carbocycles. The first-order valence-electron chi connectivity index (χ1n) is 9.05. The largest absolute Gasteiger partial charge is 0.357 e. The molecule has 0 amide bonds. The number of aryl methyl sites for hydroxylation is 2. The van der Waals surface area contributed by atoms with Gasteiger partial charge in [-0.3, -0.25) is 9.25 Å². The molecule has 150 valence electrons. The summed E-state index contributed by atoms with van der Waals surface area (Å²) in [5, 5.41) is 19.3. The number of benzene rings is 1. The van der Waals surface area contributed by atoms with E-state index in [1.54, 1.807) is 6.33 Å². The van der Waals surface area contributed by atoms with Crippen molar-refractivity contribution in [1.29, 1.82) is 0 Å². The van der Waals surface area contributed by atoms with E-state index in [1.165, 1.54) is 0 Å². The van der Waals surface area contributed by atoms with Gasteiger partial charge in [0.15, 0.2) is 11.8 Å². The van der Waals surface area contributed by atoms with E-state index in [2.05, 4.69) is 32.9 Å².